The molecule has 32 heavy (non-hydrogen) atoms. The van der Waals surface area contributed by atoms with Gasteiger partial charge >= 0.3 is 0 Å². The number of likely N-dealkylation sites (tertiary alicyclic amines) is 1. The average Bonchev–Trinajstić information content (AvgIpc) is 3.24. The molecule has 8 nitrogen and oxygen atoms in total. The van der Waals surface area contributed by atoms with Gasteiger partial charge < -0.3 is 0 Å². The zero-order valence-corrected chi connectivity index (χ0v) is 18.3. The van der Waals surface area contributed by atoms with Crippen molar-refractivity contribution in [2.75, 3.05) is 19.6 Å². The number of hydrogen-bond donors (Lipinski definition) is 2. The van der Waals surface area contributed by atoms with Crippen LogP contribution in [0.3, 0.4) is 0 Å². The molecular weight excluding hydrogens is 400 g/mol. The van der Waals surface area contributed by atoms with Crippen LogP contribution in [-0.2, 0) is 6.42 Å². The Labute approximate surface area is 186 Å². The Bertz CT molecular complexity index is 1360. The molecular formula is C24H26N8. The van der Waals surface area contributed by atoms with Crippen molar-refractivity contribution in [3.8, 4) is 11.1 Å². The molecule has 0 saturated carbocycles. The largest absolute Gasteiger partial charge is 0.299 e. The van der Waals surface area contributed by atoms with Gasteiger partial charge in [-0.15, -0.1) is 0 Å². The predicted molar refractivity (Wildman–Crippen MR) is 124 cm³/mol. The molecule has 0 amide bonds. The van der Waals surface area contributed by atoms with E-state index in [1.165, 1.54) is 4.68 Å². The van der Waals surface area contributed by atoms with E-state index in [0.29, 0.717) is 12.5 Å². The lowest BCUT2D eigenvalue weighted by Gasteiger charge is -2.38. The number of hydrogen-bond acceptors (Lipinski definition) is 6. The van der Waals surface area contributed by atoms with Crippen molar-refractivity contribution in [1.82, 2.24) is 29.4 Å². The van der Waals surface area contributed by atoms with Gasteiger partial charge in [0.25, 0.3) is 0 Å². The number of nitrogens with one attached hydrogen (secondary N) is 2. The van der Waals surface area contributed by atoms with Crippen LogP contribution in [0.25, 0.3) is 22.0 Å². The summed E-state index contributed by atoms with van der Waals surface area (Å²) in [6.07, 6.45) is 6.30. The third-order valence-electron chi connectivity index (χ3n) is 6.04. The van der Waals surface area contributed by atoms with Crippen LogP contribution in [-0.4, -0.2) is 54.9 Å². The Morgan fingerprint density at radius 2 is 1.94 bits per heavy atom. The van der Waals surface area contributed by atoms with Gasteiger partial charge in [-0.25, -0.2) is 4.68 Å². The van der Waals surface area contributed by atoms with Crippen LogP contribution in [0.2, 0.25) is 0 Å². The second-order valence-electron chi connectivity index (χ2n) is 8.36. The number of aromatic nitrogens is 5. The van der Waals surface area contributed by atoms with Gasteiger partial charge in [0.2, 0.25) is 0 Å². The van der Waals surface area contributed by atoms with Crippen LogP contribution in [0.15, 0.2) is 55.0 Å². The maximum Gasteiger partial charge on any atom is 0.148 e. The lowest BCUT2D eigenvalue weighted by molar-refractivity contribution is 0.105. The number of rotatable bonds is 5. The highest BCUT2D eigenvalue weighted by Gasteiger charge is 2.27. The molecule has 1 fully saturated rings. The average molecular weight is 427 g/mol. The molecule has 5 rings (SSSR count). The third kappa shape index (κ3) is 3.85. The fraction of sp³-hybridized carbons (Fsp3) is 0.292. The molecule has 4 aromatic rings. The van der Waals surface area contributed by atoms with Crippen molar-refractivity contribution in [2.45, 2.75) is 26.3 Å². The number of fused-ring (bicyclic) bond motifs is 1. The van der Waals surface area contributed by atoms with E-state index in [4.69, 9.17) is 10.8 Å². The topological polar surface area (TPSA) is 99.5 Å². The molecule has 0 atom stereocenters. The fourth-order valence-electron chi connectivity index (χ4n) is 4.09. The lowest BCUT2D eigenvalue weighted by Crippen LogP contribution is -2.47. The van der Waals surface area contributed by atoms with Gasteiger partial charge in [0, 0.05) is 48.4 Å². The van der Waals surface area contributed by atoms with Crippen LogP contribution in [0.4, 0.5) is 0 Å². The summed E-state index contributed by atoms with van der Waals surface area (Å²) in [5.74, 6) is 0.269. The number of nitrogens with zero attached hydrogens (tertiary/aromatic N) is 6. The highest BCUT2D eigenvalue weighted by atomic mass is 15.4. The maximum absolute atomic E-state index is 8.43. The van der Waals surface area contributed by atoms with Gasteiger partial charge in [0.15, 0.2) is 0 Å². The second-order valence-corrected chi connectivity index (χ2v) is 8.36. The minimum atomic E-state index is 0.205. The molecule has 162 valence electrons. The zero-order chi connectivity index (χ0) is 22.2. The highest BCUT2D eigenvalue weighted by Crippen LogP contribution is 2.26. The number of aryl methyl sites for hydroxylation is 1. The molecule has 1 aliphatic heterocycles. The number of likely N-dealkylation sites (N-methyl/N-ethyl adjacent to an activating group) is 1. The molecule has 3 aromatic heterocycles. The van der Waals surface area contributed by atoms with Gasteiger partial charge in [-0.3, -0.25) is 25.4 Å². The summed E-state index contributed by atoms with van der Waals surface area (Å²) in [5, 5.41) is 26.4. The molecule has 0 spiro atoms. The Balaban J connectivity index is 1.38. The zero-order valence-electron chi connectivity index (χ0n) is 18.3. The van der Waals surface area contributed by atoms with E-state index in [0.717, 1.165) is 52.9 Å². The minimum absolute atomic E-state index is 0.205. The molecule has 4 heterocycles. The van der Waals surface area contributed by atoms with Crippen molar-refractivity contribution in [1.29, 1.82) is 10.8 Å². The van der Waals surface area contributed by atoms with Gasteiger partial charge in [-0.2, -0.15) is 10.2 Å². The van der Waals surface area contributed by atoms with Crippen LogP contribution in [0.5, 0.6) is 0 Å². The second kappa shape index (κ2) is 8.12. The molecule has 0 aliphatic carbocycles. The summed E-state index contributed by atoms with van der Waals surface area (Å²) in [6.45, 7) is 7.23. The molecule has 0 unspecified atom stereocenters. The molecule has 0 bridgehead atoms. The first kappa shape index (κ1) is 20.3. The van der Waals surface area contributed by atoms with Gasteiger partial charge in [-0.05, 0) is 49.4 Å². The summed E-state index contributed by atoms with van der Waals surface area (Å²) >= 11 is 0. The molecule has 0 radical (unpaired) electrons. The molecule has 2 N–H and O–H groups in total. The van der Waals surface area contributed by atoms with E-state index >= 15 is 0 Å². The molecule has 1 aliphatic rings. The Hall–Kier alpha value is -3.65. The van der Waals surface area contributed by atoms with Gasteiger partial charge in [0.1, 0.15) is 11.3 Å². The predicted octanol–water partition coefficient (Wildman–Crippen LogP) is 3.03. The first-order valence-corrected chi connectivity index (χ1v) is 10.8. The van der Waals surface area contributed by atoms with Gasteiger partial charge in [-0.1, -0.05) is 13.0 Å². The van der Waals surface area contributed by atoms with Crippen molar-refractivity contribution < 1.29 is 0 Å². The number of benzene rings is 1. The van der Waals surface area contributed by atoms with E-state index in [1.54, 1.807) is 12.1 Å². The summed E-state index contributed by atoms with van der Waals surface area (Å²) in [5.41, 5.74) is 4.98. The maximum atomic E-state index is 8.43. The van der Waals surface area contributed by atoms with Crippen LogP contribution < -0.4 is 5.49 Å². The van der Waals surface area contributed by atoms with Crippen molar-refractivity contribution in [3.05, 3.63) is 71.7 Å². The first-order valence-electron chi connectivity index (χ1n) is 10.8. The van der Waals surface area contributed by atoms with Crippen LogP contribution in [0.1, 0.15) is 24.2 Å². The minimum Gasteiger partial charge on any atom is -0.299 e. The highest BCUT2D eigenvalue weighted by molar-refractivity contribution is 5.87. The summed E-state index contributed by atoms with van der Waals surface area (Å²) < 4.78 is 3.44. The van der Waals surface area contributed by atoms with Crippen molar-refractivity contribution in [2.24, 2.45) is 0 Å². The van der Waals surface area contributed by atoms with Crippen LogP contribution in [0, 0.1) is 17.7 Å². The SMILES string of the molecule is CCN1CC(n2cc(-c3cnc4ccc(CC(=N)n5nc(C)ccc5=N)cc4c3)cn2)C1. The van der Waals surface area contributed by atoms with Gasteiger partial charge in [0.05, 0.1) is 23.4 Å². The third-order valence-corrected chi connectivity index (χ3v) is 6.04. The van der Waals surface area contributed by atoms with E-state index < -0.39 is 0 Å². The monoisotopic (exact) mass is 426 g/mol. The summed E-state index contributed by atoms with van der Waals surface area (Å²) in [4.78, 5) is 7.03. The smallest absolute Gasteiger partial charge is 0.148 e. The normalized spacial score (nSPS) is 14.6. The van der Waals surface area contributed by atoms with E-state index in [-0.39, 0.29) is 11.3 Å². The Morgan fingerprint density at radius 1 is 1.09 bits per heavy atom. The summed E-state index contributed by atoms with van der Waals surface area (Å²) in [6, 6.07) is 12.1. The molecule has 1 saturated heterocycles. The molecule has 8 heteroatoms. The fourth-order valence-corrected chi connectivity index (χ4v) is 4.09. The lowest BCUT2D eigenvalue weighted by atomic mass is 10.0. The van der Waals surface area contributed by atoms with E-state index in [1.807, 2.05) is 31.5 Å². The Morgan fingerprint density at radius 3 is 2.75 bits per heavy atom. The van der Waals surface area contributed by atoms with Crippen molar-refractivity contribution >= 4 is 16.7 Å². The Kier molecular flexibility index (Phi) is 5.14. The quantitative estimate of drug-likeness (QED) is 0.378. The first-order chi connectivity index (χ1) is 15.5. The number of pyridine rings is 1. The summed E-state index contributed by atoms with van der Waals surface area (Å²) in [7, 11) is 0. The molecule has 1 aromatic carbocycles. The van der Waals surface area contributed by atoms with Crippen LogP contribution >= 0.6 is 0 Å². The van der Waals surface area contributed by atoms with E-state index in [9.17, 15) is 0 Å². The standard InChI is InChI=1S/C24H26N8/c1-3-30-14-21(15-30)31-13-20(12-28-31)19-10-18-8-17(5-6-22(18)27-11-19)9-24(26)32-23(25)7-4-16(2)29-32/h4-8,10-13,21,25-26H,3,9,14-15H2,1-2H3. The van der Waals surface area contributed by atoms with Crippen molar-refractivity contribution in [3.63, 3.8) is 0 Å². The van der Waals surface area contributed by atoms with E-state index in [2.05, 4.69) is 50.0 Å².